The monoisotopic (exact) mass is 438 g/mol. The summed E-state index contributed by atoms with van der Waals surface area (Å²) in [6.07, 6.45) is 5.97. The molecule has 2 nitrogen and oxygen atoms in total. The van der Waals surface area contributed by atoms with Crippen molar-refractivity contribution in [1.29, 1.82) is 0 Å². The number of nitrogens with zero attached hydrogens (tertiary/aromatic N) is 2. The van der Waals surface area contributed by atoms with Crippen LogP contribution in [0.25, 0.3) is 0 Å². The molecule has 0 radical (unpaired) electrons. The molecule has 5 heteroatoms. The summed E-state index contributed by atoms with van der Waals surface area (Å²) in [5.41, 5.74) is 3.79. The van der Waals surface area contributed by atoms with E-state index in [0.717, 1.165) is 22.3 Å². The molecule has 0 fully saturated rings. The smallest absolute Gasteiger partial charge is 0.115 e. The molecule has 0 saturated heterocycles. The minimum atomic E-state index is -0.524. The van der Waals surface area contributed by atoms with Crippen molar-refractivity contribution in [3.05, 3.63) is 129 Å². The maximum absolute atomic E-state index is 6.20. The summed E-state index contributed by atoms with van der Waals surface area (Å²) in [6, 6.07) is 23.8. The first-order valence-corrected chi connectivity index (χ1v) is 10.2. The molecule has 3 aromatic carbocycles. The number of hydrogen-bond donors (Lipinski definition) is 0. The Kier molecular flexibility index (Phi) is 5.86. The Morgan fingerprint density at radius 3 is 1.41 bits per heavy atom. The van der Waals surface area contributed by atoms with E-state index in [4.69, 9.17) is 34.8 Å². The molecule has 0 aliphatic carbocycles. The second-order valence-electron chi connectivity index (χ2n) is 6.85. The molecule has 29 heavy (non-hydrogen) atoms. The van der Waals surface area contributed by atoms with Crippen LogP contribution in [-0.2, 0) is 11.8 Å². The van der Waals surface area contributed by atoms with E-state index >= 15 is 0 Å². The van der Waals surface area contributed by atoms with Crippen LogP contribution in [0.4, 0.5) is 0 Å². The zero-order valence-corrected chi connectivity index (χ0v) is 17.7. The molecule has 1 heterocycles. The zero-order valence-electron chi connectivity index (χ0n) is 15.4. The van der Waals surface area contributed by atoms with Gasteiger partial charge < -0.3 is 0 Å². The molecule has 4 aromatic rings. The summed E-state index contributed by atoms with van der Waals surface area (Å²) in [7, 11) is 0. The number of benzene rings is 3. The predicted molar refractivity (Wildman–Crippen MR) is 120 cm³/mol. The summed E-state index contributed by atoms with van der Waals surface area (Å²) >= 11 is 18.5. The Hall–Kier alpha value is -2.39. The fourth-order valence-electron chi connectivity index (χ4n) is 3.70. The highest BCUT2D eigenvalue weighted by Crippen LogP contribution is 2.42. The Labute approximate surface area is 185 Å². The Bertz CT molecular complexity index is 1030. The fraction of sp³-hybridized carbons (Fsp3) is 0.0833. The zero-order chi connectivity index (χ0) is 20.3. The van der Waals surface area contributed by atoms with Crippen LogP contribution in [0.5, 0.6) is 0 Å². The average molecular weight is 440 g/mol. The molecular weight excluding hydrogens is 423 g/mol. The minimum Gasteiger partial charge on any atom is -0.244 e. The van der Waals surface area contributed by atoms with Crippen molar-refractivity contribution < 1.29 is 0 Å². The van der Waals surface area contributed by atoms with Crippen LogP contribution in [0.1, 0.15) is 22.3 Å². The molecule has 0 spiro atoms. The first kappa shape index (κ1) is 19.9. The minimum absolute atomic E-state index is 0.524. The van der Waals surface area contributed by atoms with E-state index in [1.165, 1.54) is 0 Å². The van der Waals surface area contributed by atoms with Gasteiger partial charge in [0.1, 0.15) is 6.33 Å². The molecule has 0 aliphatic heterocycles. The SMILES string of the molecule is Clc1ccc(CC(c2ccc(Cl)cc2)(c2ccc(Cl)cc2)c2cncnc2)cc1. The van der Waals surface area contributed by atoms with Crippen LogP contribution in [0, 0.1) is 0 Å². The summed E-state index contributed by atoms with van der Waals surface area (Å²) in [5, 5.41) is 2.09. The van der Waals surface area contributed by atoms with Gasteiger partial charge in [0.25, 0.3) is 0 Å². The molecule has 0 saturated carbocycles. The Morgan fingerprint density at radius 1 is 0.552 bits per heavy atom. The van der Waals surface area contributed by atoms with Crippen LogP contribution in [0.15, 0.2) is 91.5 Å². The van der Waals surface area contributed by atoms with Gasteiger partial charge in [-0.1, -0.05) is 71.2 Å². The standard InChI is InChI=1S/C24H17Cl3N2/c25-21-7-1-17(2-8-21)13-24(20-14-28-16-29-15-20,18-3-9-22(26)10-4-18)19-5-11-23(27)12-6-19/h1-12,14-16H,13H2. The third-order valence-corrected chi connectivity index (χ3v) is 5.87. The second-order valence-corrected chi connectivity index (χ2v) is 8.16. The lowest BCUT2D eigenvalue weighted by molar-refractivity contribution is 0.606. The van der Waals surface area contributed by atoms with E-state index < -0.39 is 5.41 Å². The van der Waals surface area contributed by atoms with Gasteiger partial charge in [0.2, 0.25) is 0 Å². The van der Waals surface area contributed by atoms with Crippen molar-refractivity contribution in [2.45, 2.75) is 11.8 Å². The summed E-state index contributed by atoms with van der Waals surface area (Å²) in [5.74, 6) is 0. The van der Waals surface area contributed by atoms with E-state index in [0.29, 0.717) is 21.5 Å². The number of hydrogen-bond acceptors (Lipinski definition) is 2. The van der Waals surface area contributed by atoms with Crippen LogP contribution >= 0.6 is 34.8 Å². The molecule has 0 amide bonds. The van der Waals surface area contributed by atoms with Crippen molar-refractivity contribution >= 4 is 34.8 Å². The van der Waals surface area contributed by atoms with E-state index in [2.05, 4.69) is 34.2 Å². The first-order valence-electron chi connectivity index (χ1n) is 9.10. The van der Waals surface area contributed by atoms with Gasteiger partial charge in [-0.3, -0.25) is 0 Å². The fourth-order valence-corrected chi connectivity index (χ4v) is 4.08. The quantitative estimate of drug-likeness (QED) is 0.334. The van der Waals surface area contributed by atoms with Gasteiger partial charge in [-0.25, -0.2) is 9.97 Å². The van der Waals surface area contributed by atoms with Crippen molar-refractivity contribution in [2.75, 3.05) is 0 Å². The van der Waals surface area contributed by atoms with Crippen LogP contribution in [0.2, 0.25) is 15.1 Å². The molecule has 144 valence electrons. The molecule has 0 aliphatic rings. The van der Waals surface area contributed by atoms with Gasteiger partial charge in [-0.15, -0.1) is 0 Å². The Balaban J connectivity index is 1.99. The maximum atomic E-state index is 6.20. The van der Waals surface area contributed by atoms with Gasteiger partial charge in [0.15, 0.2) is 0 Å². The van der Waals surface area contributed by atoms with Crippen LogP contribution in [0.3, 0.4) is 0 Å². The lowest BCUT2D eigenvalue weighted by Gasteiger charge is -2.36. The number of aromatic nitrogens is 2. The normalized spacial score (nSPS) is 11.4. The highest BCUT2D eigenvalue weighted by Gasteiger charge is 2.37. The summed E-state index contributed by atoms with van der Waals surface area (Å²) < 4.78 is 0. The van der Waals surface area contributed by atoms with Crippen molar-refractivity contribution in [3.8, 4) is 0 Å². The highest BCUT2D eigenvalue weighted by molar-refractivity contribution is 6.31. The number of halogens is 3. The molecule has 0 bridgehead atoms. The highest BCUT2D eigenvalue weighted by atomic mass is 35.5. The van der Waals surface area contributed by atoms with Gasteiger partial charge in [-0.05, 0) is 59.5 Å². The van der Waals surface area contributed by atoms with Gasteiger partial charge in [-0.2, -0.15) is 0 Å². The van der Waals surface area contributed by atoms with E-state index in [1.54, 1.807) is 6.33 Å². The second kappa shape index (κ2) is 8.54. The van der Waals surface area contributed by atoms with Gasteiger partial charge >= 0.3 is 0 Å². The van der Waals surface area contributed by atoms with Crippen LogP contribution < -0.4 is 0 Å². The largest absolute Gasteiger partial charge is 0.244 e. The van der Waals surface area contributed by atoms with E-state index in [1.807, 2.05) is 60.9 Å². The van der Waals surface area contributed by atoms with Crippen molar-refractivity contribution in [1.82, 2.24) is 9.97 Å². The molecule has 1 aromatic heterocycles. The molecule has 0 atom stereocenters. The average Bonchev–Trinajstić information content (AvgIpc) is 2.75. The summed E-state index contributed by atoms with van der Waals surface area (Å²) in [4.78, 5) is 8.62. The van der Waals surface area contributed by atoms with Crippen molar-refractivity contribution in [3.63, 3.8) is 0 Å². The maximum Gasteiger partial charge on any atom is 0.115 e. The summed E-state index contributed by atoms with van der Waals surface area (Å²) in [6.45, 7) is 0. The van der Waals surface area contributed by atoms with E-state index in [-0.39, 0.29) is 0 Å². The molecule has 4 rings (SSSR count). The Morgan fingerprint density at radius 2 is 0.966 bits per heavy atom. The van der Waals surface area contributed by atoms with Crippen LogP contribution in [-0.4, -0.2) is 9.97 Å². The lowest BCUT2D eigenvalue weighted by atomic mass is 9.67. The topological polar surface area (TPSA) is 25.8 Å². The molecular formula is C24H17Cl3N2. The third kappa shape index (κ3) is 4.16. The third-order valence-electron chi connectivity index (χ3n) is 5.11. The lowest BCUT2D eigenvalue weighted by Crippen LogP contribution is -2.32. The van der Waals surface area contributed by atoms with Crippen molar-refractivity contribution in [2.24, 2.45) is 0 Å². The number of rotatable bonds is 5. The predicted octanol–water partition coefficient (Wildman–Crippen LogP) is 7.01. The van der Waals surface area contributed by atoms with E-state index in [9.17, 15) is 0 Å². The first-order chi connectivity index (χ1) is 14.1. The van der Waals surface area contributed by atoms with Gasteiger partial charge in [0.05, 0.1) is 5.41 Å². The molecule has 0 N–H and O–H groups in total. The molecule has 0 unspecified atom stereocenters. The van der Waals surface area contributed by atoms with Gasteiger partial charge in [0, 0.05) is 33.0 Å².